The van der Waals surface area contributed by atoms with E-state index in [2.05, 4.69) is 9.97 Å². The molecule has 0 radical (unpaired) electrons. The van der Waals surface area contributed by atoms with Gasteiger partial charge in [0.2, 0.25) is 0 Å². The van der Waals surface area contributed by atoms with E-state index in [0.717, 1.165) is 29.2 Å². The van der Waals surface area contributed by atoms with Crippen molar-refractivity contribution in [3.05, 3.63) is 32.2 Å². The van der Waals surface area contributed by atoms with Crippen molar-refractivity contribution < 1.29 is 14.3 Å². The molecule has 2 aromatic heterocycles. The highest BCUT2D eigenvalue weighted by atomic mass is 32.1. The highest BCUT2D eigenvalue weighted by Crippen LogP contribution is 2.53. The zero-order valence-electron chi connectivity index (χ0n) is 15.0. The number of methoxy groups -OCH3 is 1. The number of hydrogen-bond donors (Lipinski definition) is 0. The summed E-state index contributed by atoms with van der Waals surface area (Å²) in [5.74, 6) is -0.225. The van der Waals surface area contributed by atoms with E-state index in [0.29, 0.717) is 17.7 Å². The maximum atomic E-state index is 13.3. The number of amides is 1. The van der Waals surface area contributed by atoms with Gasteiger partial charge in [0.25, 0.3) is 5.91 Å². The van der Waals surface area contributed by atoms with Crippen LogP contribution in [0.25, 0.3) is 0 Å². The first-order valence-corrected chi connectivity index (χ1v) is 10.4. The molecular formula is C18H21N3O3S2. The first-order chi connectivity index (χ1) is 12.5. The Balaban J connectivity index is 1.70. The molecule has 2 fully saturated rings. The monoisotopic (exact) mass is 391 g/mol. The van der Waals surface area contributed by atoms with E-state index in [1.165, 1.54) is 29.8 Å². The largest absolute Gasteiger partial charge is 0.469 e. The SMILES string of the molecule is COC(=O)[C@@]1(Cc2cscn2)C[C@H]2CC[C@@H]1N2C(=O)c1sc(C)nc1C. The molecule has 1 amide bonds. The van der Waals surface area contributed by atoms with Gasteiger partial charge in [-0.2, -0.15) is 0 Å². The van der Waals surface area contributed by atoms with Gasteiger partial charge in [0.05, 0.1) is 34.4 Å². The van der Waals surface area contributed by atoms with Gasteiger partial charge >= 0.3 is 5.97 Å². The van der Waals surface area contributed by atoms with E-state index in [1.54, 1.807) is 5.51 Å². The Morgan fingerprint density at radius 2 is 2.19 bits per heavy atom. The summed E-state index contributed by atoms with van der Waals surface area (Å²) in [6.07, 6.45) is 2.93. The lowest BCUT2D eigenvalue weighted by molar-refractivity contribution is -0.154. The number of carbonyl (C=O) groups excluding carboxylic acids is 2. The lowest BCUT2D eigenvalue weighted by Crippen LogP contribution is -2.47. The van der Waals surface area contributed by atoms with Crippen molar-refractivity contribution in [2.24, 2.45) is 5.41 Å². The normalized spacial score (nSPS) is 27.1. The molecule has 2 aliphatic heterocycles. The summed E-state index contributed by atoms with van der Waals surface area (Å²) in [4.78, 5) is 37.5. The van der Waals surface area contributed by atoms with Crippen molar-refractivity contribution in [3.63, 3.8) is 0 Å². The first kappa shape index (κ1) is 17.6. The molecule has 0 aliphatic carbocycles. The molecule has 3 atom stereocenters. The molecule has 0 N–H and O–H groups in total. The third-order valence-electron chi connectivity index (χ3n) is 5.64. The van der Waals surface area contributed by atoms with Gasteiger partial charge in [0.15, 0.2) is 0 Å². The number of rotatable bonds is 4. The second-order valence-corrected chi connectivity index (χ2v) is 9.04. The molecule has 2 aromatic rings. The number of ether oxygens (including phenoxy) is 1. The fraction of sp³-hybridized carbons (Fsp3) is 0.556. The number of esters is 1. The highest BCUT2D eigenvalue weighted by molar-refractivity contribution is 7.13. The summed E-state index contributed by atoms with van der Waals surface area (Å²) in [6, 6.07) is -0.0667. The van der Waals surface area contributed by atoms with Crippen molar-refractivity contribution in [1.29, 1.82) is 0 Å². The van der Waals surface area contributed by atoms with Gasteiger partial charge in [0, 0.05) is 23.9 Å². The van der Waals surface area contributed by atoms with Gasteiger partial charge in [-0.1, -0.05) is 0 Å². The van der Waals surface area contributed by atoms with Crippen LogP contribution >= 0.6 is 22.7 Å². The first-order valence-electron chi connectivity index (χ1n) is 8.68. The average molecular weight is 392 g/mol. The zero-order valence-corrected chi connectivity index (χ0v) is 16.7. The van der Waals surface area contributed by atoms with Gasteiger partial charge in [0.1, 0.15) is 4.88 Å². The number of carbonyl (C=O) groups is 2. The van der Waals surface area contributed by atoms with Gasteiger partial charge in [-0.15, -0.1) is 22.7 Å². The highest BCUT2D eigenvalue weighted by Gasteiger charge is 2.62. The lowest BCUT2D eigenvalue weighted by Gasteiger charge is -2.34. The molecule has 2 aliphatic rings. The minimum absolute atomic E-state index is 0.00431. The fourth-order valence-electron chi connectivity index (χ4n) is 4.67. The summed E-state index contributed by atoms with van der Waals surface area (Å²) < 4.78 is 5.19. The molecule has 26 heavy (non-hydrogen) atoms. The van der Waals surface area contributed by atoms with Crippen LogP contribution in [-0.4, -0.2) is 45.9 Å². The Labute approximate surface area is 160 Å². The van der Waals surface area contributed by atoms with Gasteiger partial charge in [-0.25, -0.2) is 9.97 Å². The fourth-order valence-corrected chi connectivity index (χ4v) is 6.09. The van der Waals surface area contributed by atoms with Gasteiger partial charge < -0.3 is 9.64 Å². The van der Waals surface area contributed by atoms with Crippen molar-refractivity contribution in [2.75, 3.05) is 7.11 Å². The van der Waals surface area contributed by atoms with Gasteiger partial charge in [-0.3, -0.25) is 9.59 Å². The molecule has 4 rings (SSSR count). The predicted octanol–water partition coefficient (Wildman–Crippen LogP) is 3.00. The lowest BCUT2D eigenvalue weighted by atomic mass is 9.71. The Hall–Kier alpha value is -1.80. The molecule has 2 bridgehead atoms. The van der Waals surface area contributed by atoms with Crippen LogP contribution in [0.1, 0.15) is 45.3 Å². The summed E-state index contributed by atoms with van der Waals surface area (Å²) >= 11 is 2.95. The topological polar surface area (TPSA) is 72.4 Å². The second kappa shape index (κ2) is 6.42. The standard InChI is InChI=1S/C18H21N3O3S2/c1-10-15(26-11(2)20-10)16(22)21-13-4-5-14(21)18(7-13,17(23)24-3)6-12-8-25-9-19-12/h8-9,13-14H,4-7H2,1-3H3/t13-,14+,18+/m1/s1. The number of thiazole rings is 2. The van der Waals surface area contributed by atoms with Crippen molar-refractivity contribution in [1.82, 2.24) is 14.9 Å². The molecule has 2 saturated heterocycles. The van der Waals surface area contributed by atoms with E-state index >= 15 is 0 Å². The molecule has 138 valence electrons. The Kier molecular flexibility index (Phi) is 4.35. The summed E-state index contributed by atoms with van der Waals surface area (Å²) in [5.41, 5.74) is 2.74. The van der Waals surface area contributed by atoms with E-state index in [4.69, 9.17) is 4.74 Å². The molecule has 0 spiro atoms. The van der Waals surface area contributed by atoms with Crippen molar-refractivity contribution in [3.8, 4) is 0 Å². The molecule has 0 aromatic carbocycles. The second-order valence-electron chi connectivity index (χ2n) is 7.12. The average Bonchev–Trinajstić information content (AvgIpc) is 3.38. The number of hydrogen-bond acceptors (Lipinski definition) is 7. The maximum Gasteiger partial charge on any atom is 0.314 e. The zero-order chi connectivity index (χ0) is 18.5. The Bertz CT molecular complexity index is 848. The summed E-state index contributed by atoms with van der Waals surface area (Å²) in [6.45, 7) is 3.78. The summed E-state index contributed by atoms with van der Waals surface area (Å²) in [7, 11) is 1.43. The van der Waals surface area contributed by atoms with Crippen LogP contribution in [0.15, 0.2) is 10.9 Å². The van der Waals surface area contributed by atoms with E-state index in [-0.39, 0.29) is 24.0 Å². The molecular weight excluding hydrogens is 370 g/mol. The quantitative estimate of drug-likeness (QED) is 0.749. The third-order valence-corrected chi connectivity index (χ3v) is 7.34. The number of fused-ring (bicyclic) bond motifs is 2. The number of nitrogens with zero attached hydrogens (tertiary/aromatic N) is 3. The molecule has 8 heteroatoms. The van der Waals surface area contributed by atoms with Gasteiger partial charge in [-0.05, 0) is 33.1 Å². The van der Waals surface area contributed by atoms with Crippen LogP contribution in [0.5, 0.6) is 0 Å². The third kappa shape index (κ3) is 2.58. The maximum absolute atomic E-state index is 13.3. The van der Waals surface area contributed by atoms with Crippen LogP contribution in [0.4, 0.5) is 0 Å². The number of aromatic nitrogens is 2. The number of aryl methyl sites for hydroxylation is 2. The van der Waals surface area contributed by atoms with Crippen LogP contribution in [0, 0.1) is 19.3 Å². The van der Waals surface area contributed by atoms with Crippen LogP contribution in [0.2, 0.25) is 0 Å². The molecule has 0 saturated carbocycles. The molecule has 0 unspecified atom stereocenters. The Morgan fingerprint density at radius 1 is 1.38 bits per heavy atom. The van der Waals surface area contributed by atoms with E-state index in [9.17, 15) is 9.59 Å². The van der Waals surface area contributed by atoms with E-state index in [1.807, 2.05) is 24.1 Å². The summed E-state index contributed by atoms with van der Waals surface area (Å²) in [5, 5.41) is 2.86. The van der Waals surface area contributed by atoms with Crippen molar-refractivity contribution in [2.45, 2.75) is 51.6 Å². The van der Waals surface area contributed by atoms with Crippen LogP contribution < -0.4 is 0 Å². The van der Waals surface area contributed by atoms with Crippen molar-refractivity contribution >= 4 is 34.6 Å². The Morgan fingerprint density at radius 3 is 2.81 bits per heavy atom. The molecule has 4 heterocycles. The van der Waals surface area contributed by atoms with Crippen LogP contribution in [-0.2, 0) is 16.0 Å². The molecule has 6 nitrogen and oxygen atoms in total. The van der Waals surface area contributed by atoms with E-state index < -0.39 is 5.41 Å². The predicted molar refractivity (Wildman–Crippen MR) is 99.5 cm³/mol. The smallest absolute Gasteiger partial charge is 0.314 e. The van der Waals surface area contributed by atoms with Crippen LogP contribution in [0.3, 0.4) is 0 Å². The minimum atomic E-state index is -0.699. The minimum Gasteiger partial charge on any atom is -0.469 e.